The van der Waals surface area contributed by atoms with E-state index < -0.39 is 35.6 Å². The van der Waals surface area contributed by atoms with Crippen LogP contribution in [0.15, 0.2) is 47.1 Å². The van der Waals surface area contributed by atoms with Crippen molar-refractivity contribution in [2.45, 2.75) is 32.9 Å². The molecule has 4 amide bonds. The molecular weight excluding hydrogens is 480 g/mol. The van der Waals surface area contributed by atoms with Crippen LogP contribution in [0.1, 0.15) is 42.5 Å². The lowest BCUT2D eigenvalue weighted by Crippen LogP contribution is -2.52. The summed E-state index contributed by atoms with van der Waals surface area (Å²) >= 11 is 0. The number of hydrogen-bond acceptors (Lipinski definition) is 8. The van der Waals surface area contributed by atoms with Crippen LogP contribution in [0.2, 0.25) is 0 Å². The fraction of sp³-hybridized carbons (Fsp3) is 0.346. The van der Waals surface area contributed by atoms with Crippen molar-refractivity contribution in [1.82, 2.24) is 20.1 Å². The van der Waals surface area contributed by atoms with Crippen LogP contribution in [0.3, 0.4) is 0 Å². The number of pyridine rings is 1. The number of nitrogens with zero attached hydrogens (tertiary/aromatic N) is 3. The zero-order valence-corrected chi connectivity index (χ0v) is 20.9. The van der Waals surface area contributed by atoms with Crippen LogP contribution in [-0.2, 0) is 26.4 Å². The zero-order chi connectivity index (χ0) is 26.5. The third-order valence-electron chi connectivity index (χ3n) is 6.47. The molecule has 37 heavy (non-hydrogen) atoms. The van der Waals surface area contributed by atoms with Gasteiger partial charge in [0.15, 0.2) is 12.3 Å². The van der Waals surface area contributed by atoms with E-state index in [1.54, 1.807) is 63.5 Å². The monoisotopic (exact) mass is 506 g/mol. The smallest absolute Gasteiger partial charge is 0.328 e. The number of benzene rings is 1. The summed E-state index contributed by atoms with van der Waals surface area (Å²) in [6.07, 6.45) is 3.12. The van der Waals surface area contributed by atoms with Crippen LogP contribution in [-0.4, -0.2) is 59.0 Å². The minimum atomic E-state index is -1.74. The summed E-state index contributed by atoms with van der Waals surface area (Å²) < 4.78 is 16.5. The van der Waals surface area contributed by atoms with Crippen molar-refractivity contribution in [3.05, 3.63) is 59.6 Å². The Balaban J connectivity index is 1.50. The van der Waals surface area contributed by atoms with Crippen molar-refractivity contribution in [3.63, 3.8) is 0 Å². The number of esters is 1. The molecule has 0 saturated carbocycles. The number of imide groups is 1. The highest BCUT2D eigenvalue weighted by Crippen LogP contribution is 2.37. The molecule has 1 aromatic carbocycles. The zero-order valence-electron chi connectivity index (χ0n) is 20.9. The average molecular weight is 507 g/mol. The minimum absolute atomic E-state index is 0.139. The first-order valence-electron chi connectivity index (χ1n) is 11.6. The fourth-order valence-electron chi connectivity index (χ4n) is 4.41. The third-order valence-corrected chi connectivity index (χ3v) is 6.47. The molecular formula is C26H26N4O7. The van der Waals surface area contributed by atoms with Gasteiger partial charge >= 0.3 is 12.0 Å². The summed E-state index contributed by atoms with van der Waals surface area (Å²) in [6.45, 7) is 4.45. The predicted octanol–water partition coefficient (Wildman–Crippen LogP) is 2.79. The van der Waals surface area contributed by atoms with E-state index in [2.05, 4.69) is 10.3 Å². The molecule has 5 rings (SSSR count). The number of aromatic nitrogens is 1. The number of carbonyl (C=O) groups is 4. The molecule has 4 heterocycles. The molecule has 2 aromatic heterocycles. The summed E-state index contributed by atoms with van der Waals surface area (Å²) in [5, 5.41) is 3.34. The SMILES string of the molecule is COc1ccc2c(c1)C(=O)N(C[C@@]1(c3cc4cnccc4o3)NC(=O)N(COC(=O)C(C)(C)C)C1=O)C2. The van der Waals surface area contributed by atoms with E-state index in [-0.39, 0.29) is 24.8 Å². The number of carbonyl (C=O) groups excluding carboxylic acids is 4. The third kappa shape index (κ3) is 4.05. The van der Waals surface area contributed by atoms with Crippen LogP contribution < -0.4 is 10.1 Å². The van der Waals surface area contributed by atoms with Gasteiger partial charge in [0, 0.05) is 29.9 Å². The lowest BCUT2D eigenvalue weighted by atomic mass is 9.95. The van der Waals surface area contributed by atoms with Crippen LogP contribution in [0, 0.1) is 5.41 Å². The Labute approximate surface area is 212 Å². The van der Waals surface area contributed by atoms with Crippen molar-refractivity contribution in [1.29, 1.82) is 0 Å². The van der Waals surface area contributed by atoms with Crippen molar-refractivity contribution < 1.29 is 33.1 Å². The Kier molecular flexibility index (Phi) is 5.65. The van der Waals surface area contributed by atoms with Crippen molar-refractivity contribution >= 4 is 34.8 Å². The number of furan rings is 1. The highest BCUT2D eigenvalue weighted by atomic mass is 16.5. The lowest BCUT2D eigenvalue weighted by Gasteiger charge is -2.29. The highest BCUT2D eigenvalue weighted by molar-refractivity contribution is 6.08. The van der Waals surface area contributed by atoms with Crippen molar-refractivity contribution in [2.75, 3.05) is 20.4 Å². The van der Waals surface area contributed by atoms with E-state index in [0.29, 0.717) is 22.3 Å². The van der Waals surface area contributed by atoms with Gasteiger partial charge in [0.2, 0.25) is 0 Å². The Morgan fingerprint density at radius 1 is 1.19 bits per heavy atom. The molecule has 11 nitrogen and oxygen atoms in total. The first-order chi connectivity index (χ1) is 17.5. The Morgan fingerprint density at radius 2 is 1.97 bits per heavy atom. The van der Waals surface area contributed by atoms with E-state index >= 15 is 0 Å². The van der Waals surface area contributed by atoms with Gasteiger partial charge in [-0.2, -0.15) is 0 Å². The maximum absolute atomic E-state index is 13.9. The molecule has 1 saturated heterocycles. The molecule has 192 valence electrons. The number of fused-ring (bicyclic) bond motifs is 2. The molecule has 2 aliphatic rings. The van der Waals surface area contributed by atoms with Gasteiger partial charge < -0.3 is 24.1 Å². The molecule has 0 bridgehead atoms. The van der Waals surface area contributed by atoms with Gasteiger partial charge in [-0.05, 0) is 50.6 Å². The second kappa shape index (κ2) is 8.61. The summed E-state index contributed by atoms with van der Waals surface area (Å²) in [4.78, 5) is 58.9. The second-order valence-electron chi connectivity index (χ2n) is 10.1. The first-order valence-corrected chi connectivity index (χ1v) is 11.6. The molecule has 1 N–H and O–H groups in total. The summed E-state index contributed by atoms with van der Waals surface area (Å²) in [5.41, 5.74) is -0.883. The predicted molar refractivity (Wildman–Crippen MR) is 129 cm³/mol. The van der Waals surface area contributed by atoms with Crippen molar-refractivity contribution in [2.24, 2.45) is 5.41 Å². The average Bonchev–Trinajstić information content (AvgIpc) is 3.50. The first kappa shape index (κ1) is 24.3. The number of rotatable bonds is 6. The Bertz CT molecular complexity index is 1410. The van der Waals surface area contributed by atoms with Gasteiger partial charge in [-0.25, -0.2) is 9.69 Å². The molecule has 2 aliphatic heterocycles. The van der Waals surface area contributed by atoms with Gasteiger partial charge in [0.05, 0.1) is 19.1 Å². The van der Waals surface area contributed by atoms with Gasteiger partial charge in [0.1, 0.15) is 17.1 Å². The molecule has 1 atom stereocenters. The van der Waals surface area contributed by atoms with Gasteiger partial charge in [0.25, 0.3) is 11.8 Å². The van der Waals surface area contributed by atoms with Crippen molar-refractivity contribution in [3.8, 4) is 5.75 Å². The molecule has 0 aliphatic carbocycles. The van der Waals surface area contributed by atoms with Crippen LogP contribution in [0.5, 0.6) is 5.75 Å². The number of nitrogens with one attached hydrogen (secondary N) is 1. The molecule has 3 aromatic rings. The van der Waals surface area contributed by atoms with E-state index in [0.717, 1.165) is 10.5 Å². The van der Waals surface area contributed by atoms with Gasteiger partial charge in [-0.15, -0.1) is 0 Å². The van der Waals surface area contributed by atoms with Crippen LogP contribution >= 0.6 is 0 Å². The molecule has 1 fully saturated rings. The van der Waals surface area contributed by atoms with Crippen LogP contribution in [0.25, 0.3) is 11.0 Å². The highest BCUT2D eigenvalue weighted by Gasteiger charge is 2.57. The fourth-order valence-corrected chi connectivity index (χ4v) is 4.41. The number of methoxy groups -OCH3 is 1. The van der Waals surface area contributed by atoms with E-state index in [4.69, 9.17) is 13.9 Å². The van der Waals surface area contributed by atoms with E-state index in [1.807, 2.05) is 0 Å². The normalized spacial score (nSPS) is 19.4. The minimum Gasteiger partial charge on any atom is -0.497 e. The van der Waals surface area contributed by atoms with Gasteiger partial charge in [-0.3, -0.25) is 19.4 Å². The maximum Gasteiger partial charge on any atom is 0.328 e. The van der Waals surface area contributed by atoms with Crippen LogP contribution in [0.4, 0.5) is 4.79 Å². The van der Waals surface area contributed by atoms with E-state index in [1.165, 1.54) is 12.0 Å². The Morgan fingerprint density at radius 3 is 2.68 bits per heavy atom. The number of amides is 4. The lowest BCUT2D eigenvalue weighted by molar-refractivity contribution is -0.158. The maximum atomic E-state index is 13.9. The molecule has 0 spiro atoms. The number of ether oxygens (including phenoxy) is 2. The quantitative estimate of drug-likeness (QED) is 0.399. The largest absolute Gasteiger partial charge is 0.497 e. The number of hydrogen-bond donors (Lipinski definition) is 1. The summed E-state index contributed by atoms with van der Waals surface area (Å²) in [5.74, 6) is -0.914. The second-order valence-corrected chi connectivity index (χ2v) is 10.1. The molecule has 0 unspecified atom stereocenters. The van der Waals surface area contributed by atoms with Gasteiger partial charge in [-0.1, -0.05) is 6.07 Å². The molecule has 0 radical (unpaired) electrons. The Hall–Kier alpha value is -4.41. The summed E-state index contributed by atoms with van der Waals surface area (Å²) in [6, 6.07) is 7.67. The standard InChI is InChI=1S/C26H26N4O7/c1-25(2,3)23(33)36-14-30-22(32)26(28-24(30)34,20-9-16-11-27-8-7-19(16)37-20)13-29-12-15-5-6-17(35-4)10-18(15)21(29)31/h5-11H,12-14H2,1-4H3,(H,28,34)/t26-/m0/s1. The molecule has 11 heteroatoms. The number of urea groups is 1. The van der Waals surface area contributed by atoms with E-state index in [9.17, 15) is 19.2 Å². The topological polar surface area (TPSA) is 131 Å². The summed E-state index contributed by atoms with van der Waals surface area (Å²) in [7, 11) is 1.51.